The Morgan fingerprint density at radius 3 is 1.33 bits per heavy atom. The van der Waals surface area contributed by atoms with Gasteiger partial charge >= 0.3 is 0 Å². The van der Waals surface area contributed by atoms with Gasteiger partial charge < -0.3 is 19.8 Å². The molecule has 0 saturated carbocycles. The smallest absolute Gasteiger partial charge is 0.276 e. The van der Waals surface area contributed by atoms with Gasteiger partial charge in [-0.05, 0) is 157 Å². The quantitative estimate of drug-likeness (QED) is 0.104. The van der Waals surface area contributed by atoms with Gasteiger partial charge in [0, 0.05) is 57.0 Å². The molecular formula is C71H53BrN6O2S3. The highest BCUT2D eigenvalue weighted by atomic mass is 79.9. The van der Waals surface area contributed by atoms with E-state index in [2.05, 4.69) is 246 Å². The maximum Gasteiger partial charge on any atom is 0.276 e. The zero-order chi connectivity index (χ0) is 56.6. The van der Waals surface area contributed by atoms with Crippen LogP contribution in [0.25, 0.3) is 60.6 Å². The van der Waals surface area contributed by atoms with Gasteiger partial charge in [-0.3, -0.25) is 0 Å². The Morgan fingerprint density at radius 2 is 0.843 bits per heavy atom. The molecule has 12 heteroatoms. The standard InChI is InChI=1S/C32H22N2S.C21H19N3O2S2.C18H12BrN/c1-21(23-16-19-32-28(20-23)33-27-10-4-7-13-31(27)35-32)22-14-17-24(18-15-22)34-29-11-5-2-8-25(29)26-9-3-6-12-30(26)34;1-14-7-10-17(11-8-14)28(25,26)24-23-15(2)16-9-12-21-19(13-16)22-18-5-3-4-6-20(18)27-21;19-13-9-11-14(12-10-13)20-17-7-3-1-5-15(17)16-6-2-4-8-18(16)20/h2-20,33H,1H2;3-13,22,24H,1-2H3;1-12H/b;23-15+;. The predicted molar refractivity (Wildman–Crippen MR) is 352 cm³/mol. The van der Waals surface area contributed by atoms with Crippen LogP contribution in [0.1, 0.15) is 29.2 Å². The second-order valence-electron chi connectivity index (χ2n) is 20.2. The summed E-state index contributed by atoms with van der Waals surface area (Å²) in [7, 11) is -3.69. The van der Waals surface area contributed by atoms with Crippen LogP contribution in [0.15, 0.2) is 295 Å². The third-order valence-electron chi connectivity index (χ3n) is 14.9. The molecule has 0 aliphatic carbocycles. The number of anilines is 4. The first-order valence-corrected chi connectivity index (χ1v) is 31.0. The molecule has 2 aliphatic heterocycles. The molecule has 0 amide bonds. The summed E-state index contributed by atoms with van der Waals surface area (Å²) in [4.78, 5) is 7.31. The Kier molecular flexibility index (Phi) is 14.6. The molecule has 0 atom stereocenters. The van der Waals surface area contributed by atoms with Crippen molar-refractivity contribution in [3.8, 4) is 11.4 Å². The first-order valence-electron chi connectivity index (χ1n) is 27.0. The number of nitrogens with one attached hydrogen (secondary N) is 3. The second-order valence-corrected chi connectivity index (χ2v) is 25.0. The lowest BCUT2D eigenvalue weighted by Gasteiger charge is -2.21. The Labute approximate surface area is 499 Å². The van der Waals surface area contributed by atoms with E-state index in [4.69, 9.17) is 0 Å². The zero-order valence-corrected chi connectivity index (χ0v) is 49.3. The van der Waals surface area contributed by atoms with Gasteiger partial charge in [0.05, 0.1) is 55.4 Å². The van der Waals surface area contributed by atoms with Crippen LogP contribution in [-0.2, 0) is 10.0 Å². The number of fused-ring (bicyclic) bond motifs is 10. The molecule has 83 heavy (non-hydrogen) atoms. The third kappa shape index (κ3) is 10.7. The van der Waals surface area contributed by atoms with E-state index >= 15 is 0 Å². The number of para-hydroxylation sites is 6. The molecule has 3 N–H and O–H groups in total. The molecule has 11 aromatic carbocycles. The largest absolute Gasteiger partial charge is 0.354 e. The number of aromatic nitrogens is 2. The molecule has 0 fully saturated rings. The van der Waals surface area contributed by atoms with Crippen molar-refractivity contribution in [2.45, 2.75) is 38.3 Å². The zero-order valence-electron chi connectivity index (χ0n) is 45.2. The van der Waals surface area contributed by atoms with Crippen molar-refractivity contribution >= 4 is 127 Å². The lowest BCUT2D eigenvalue weighted by atomic mass is 9.98. The maximum absolute atomic E-state index is 12.4. The highest BCUT2D eigenvalue weighted by Gasteiger charge is 2.20. The number of hydrogen-bond acceptors (Lipinski definition) is 7. The molecule has 2 aliphatic rings. The Morgan fingerprint density at radius 1 is 0.458 bits per heavy atom. The van der Waals surface area contributed by atoms with Gasteiger partial charge in [-0.25, -0.2) is 0 Å². The minimum Gasteiger partial charge on any atom is -0.354 e. The highest BCUT2D eigenvalue weighted by Crippen LogP contribution is 2.46. The number of hydrazone groups is 1. The maximum atomic E-state index is 12.4. The van der Waals surface area contributed by atoms with Crippen molar-refractivity contribution in [3.63, 3.8) is 0 Å². The Bertz CT molecular complexity index is 4680. The molecule has 0 radical (unpaired) electrons. The fourth-order valence-electron chi connectivity index (χ4n) is 10.6. The molecule has 0 saturated heterocycles. The van der Waals surface area contributed by atoms with Gasteiger partial charge in [-0.2, -0.15) is 18.4 Å². The molecule has 0 spiro atoms. The minimum absolute atomic E-state index is 0.190. The summed E-state index contributed by atoms with van der Waals surface area (Å²) in [6.07, 6.45) is 0. The first kappa shape index (κ1) is 53.3. The average Bonchev–Trinajstić information content (AvgIpc) is 3.91. The molecule has 13 aromatic rings. The number of aryl methyl sites for hydroxylation is 1. The van der Waals surface area contributed by atoms with E-state index in [0.717, 1.165) is 65.6 Å². The lowest BCUT2D eigenvalue weighted by Crippen LogP contribution is -2.20. The van der Waals surface area contributed by atoms with Gasteiger partial charge in [-0.15, -0.1) is 0 Å². The van der Waals surface area contributed by atoms with Gasteiger partial charge in [0.1, 0.15) is 0 Å². The normalized spacial score (nSPS) is 12.3. The van der Waals surface area contributed by atoms with Crippen LogP contribution < -0.4 is 15.5 Å². The highest BCUT2D eigenvalue weighted by molar-refractivity contribution is 9.10. The fraction of sp³-hybridized carbons (Fsp3) is 0.0282. The SMILES string of the molecule is Brc1ccc(-n2c3ccccc3c3ccccc32)cc1.C/C(=N\NS(=O)(=O)c1ccc(C)cc1)c1ccc2c(c1)Nc1ccccc1S2.C=C(c1ccc(-n2c3ccccc3c3ccccc32)cc1)c1ccc2c(c1)Nc1ccccc1S2. The van der Waals surface area contributed by atoms with E-state index in [-0.39, 0.29) is 4.90 Å². The number of nitrogens with zero attached hydrogens (tertiary/aromatic N) is 3. The molecule has 404 valence electrons. The van der Waals surface area contributed by atoms with Gasteiger partial charge in [0.2, 0.25) is 0 Å². The van der Waals surface area contributed by atoms with Gasteiger partial charge in [-0.1, -0.05) is 185 Å². The molecule has 0 bridgehead atoms. The second kappa shape index (κ2) is 22.7. The van der Waals surface area contributed by atoms with E-state index in [1.807, 2.05) is 43.3 Å². The van der Waals surface area contributed by atoms with Gasteiger partial charge in [0.15, 0.2) is 0 Å². The van der Waals surface area contributed by atoms with E-state index in [9.17, 15) is 8.42 Å². The topological polar surface area (TPSA) is 92.4 Å². The van der Waals surface area contributed by atoms with Crippen molar-refractivity contribution in [3.05, 3.63) is 288 Å². The molecular weight excluding hydrogens is 1140 g/mol. The summed E-state index contributed by atoms with van der Waals surface area (Å²) in [5.74, 6) is 0. The average molecular weight is 1200 g/mol. The number of halogens is 1. The molecule has 2 aromatic heterocycles. The molecule has 15 rings (SSSR count). The minimum atomic E-state index is -3.69. The van der Waals surface area contributed by atoms with Crippen LogP contribution in [0.5, 0.6) is 0 Å². The summed E-state index contributed by atoms with van der Waals surface area (Å²) in [5, 5.41) is 16.3. The van der Waals surface area contributed by atoms with Crippen molar-refractivity contribution in [1.29, 1.82) is 0 Å². The molecule has 8 nitrogen and oxygen atoms in total. The summed E-state index contributed by atoms with van der Waals surface area (Å²) in [6.45, 7) is 8.13. The van der Waals surface area contributed by atoms with Gasteiger partial charge in [0.25, 0.3) is 10.0 Å². The Hall–Kier alpha value is -9.04. The summed E-state index contributed by atoms with van der Waals surface area (Å²) in [6, 6.07) is 87.3. The fourth-order valence-corrected chi connectivity index (χ4v) is 13.7. The molecule has 0 unspecified atom stereocenters. The Balaban J connectivity index is 0.000000121. The first-order chi connectivity index (χ1) is 40.5. The van der Waals surface area contributed by atoms with Crippen LogP contribution in [0.3, 0.4) is 0 Å². The number of rotatable bonds is 8. The molecule has 4 heterocycles. The van der Waals surface area contributed by atoms with E-state index in [1.165, 1.54) is 64.0 Å². The van der Waals surface area contributed by atoms with E-state index < -0.39 is 10.0 Å². The van der Waals surface area contributed by atoms with Crippen molar-refractivity contribution < 1.29 is 8.42 Å². The van der Waals surface area contributed by atoms with Crippen LogP contribution in [-0.4, -0.2) is 23.3 Å². The number of sulfonamides is 1. The van der Waals surface area contributed by atoms with Crippen LogP contribution in [0.2, 0.25) is 0 Å². The summed E-state index contributed by atoms with van der Waals surface area (Å²) < 4.78 is 30.6. The summed E-state index contributed by atoms with van der Waals surface area (Å²) >= 11 is 7.01. The third-order valence-corrected chi connectivity index (χ3v) is 18.9. The summed E-state index contributed by atoms with van der Waals surface area (Å²) in [5.41, 5.74) is 17.3. The van der Waals surface area contributed by atoms with E-state index in [0.29, 0.717) is 5.71 Å². The predicted octanol–water partition coefficient (Wildman–Crippen LogP) is 19.5. The van der Waals surface area contributed by atoms with Crippen molar-refractivity contribution in [2.24, 2.45) is 5.10 Å². The number of hydrogen-bond donors (Lipinski definition) is 3. The van der Waals surface area contributed by atoms with E-state index in [1.54, 1.807) is 54.7 Å². The van der Waals surface area contributed by atoms with Crippen LogP contribution in [0.4, 0.5) is 22.7 Å². The monoisotopic (exact) mass is 1200 g/mol. The van der Waals surface area contributed by atoms with Crippen LogP contribution in [0, 0.1) is 6.92 Å². The van der Waals surface area contributed by atoms with Crippen molar-refractivity contribution in [1.82, 2.24) is 14.0 Å². The van der Waals surface area contributed by atoms with Crippen molar-refractivity contribution in [2.75, 3.05) is 10.6 Å². The van der Waals surface area contributed by atoms with Crippen LogP contribution >= 0.6 is 39.5 Å². The lowest BCUT2D eigenvalue weighted by molar-refractivity contribution is 0.584. The number of benzene rings is 11.